The number of hydrogen-bond acceptors (Lipinski definition) is 2. The lowest BCUT2D eigenvalue weighted by Crippen LogP contribution is -2.19. The van der Waals surface area contributed by atoms with Crippen LogP contribution in [0.15, 0.2) is 24.3 Å². The Kier molecular flexibility index (Phi) is 6.50. The highest BCUT2D eigenvalue weighted by Gasteiger charge is 2.12. The second-order valence-corrected chi connectivity index (χ2v) is 4.79. The maximum Gasteiger partial charge on any atom is 0.191 e. The van der Waals surface area contributed by atoms with Crippen LogP contribution in [0.25, 0.3) is 0 Å². The van der Waals surface area contributed by atoms with E-state index in [2.05, 4.69) is 19.2 Å². The molecule has 0 atom stereocenters. The van der Waals surface area contributed by atoms with Gasteiger partial charge in [-0.3, -0.25) is 0 Å². The van der Waals surface area contributed by atoms with Crippen LogP contribution in [0, 0.1) is 17.6 Å². The third kappa shape index (κ3) is 5.39. The van der Waals surface area contributed by atoms with Gasteiger partial charge in [-0.15, -0.1) is 0 Å². The van der Waals surface area contributed by atoms with E-state index in [0.717, 1.165) is 6.54 Å². The molecule has 0 aliphatic rings. The average Bonchev–Trinajstić information content (AvgIpc) is 2.32. The molecule has 0 saturated heterocycles. The van der Waals surface area contributed by atoms with Crippen molar-refractivity contribution in [3.05, 3.63) is 41.5 Å². The molecule has 0 fully saturated rings. The summed E-state index contributed by atoms with van der Waals surface area (Å²) in [5.74, 6) is -1.14. The molecule has 19 heavy (non-hydrogen) atoms. The Balaban J connectivity index is 2.67. The topological polar surface area (TPSA) is 21.3 Å². The van der Waals surface area contributed by atoms with E-state index >= 15 is 0 Å². The molecule has 0 spiro atoms. The van der Waals surface area contributed by atoms with Crippen LogP contribution in [0.2, 0.25) is 0 Å². The van der Waals surface area contributed by atoms with Gasteiger partial charge in [0.15, 0.2) is 17.4 Å². The van der Waals surface area contributed by atoms with Crippen LogP contribution in [0.4, 0.5) is 8.78 Å². The molecule has 0 unspecified atom stereocenters. The van der Waals surface area contributed by atoms with E-state index in [9.17, 15) is 8.78 Å². The first-order valence-electron chi connectivity index (χ1n) is 6.47. The van der Waals surface area contributed by atoms with E-state index in [0.29, 0.717) is 18.0 Å². The van der Waals surface area contributed by atoms with E-state index in [-0.39, 0.29) is 12.4 Å². The highest BCUT2D eigenvalue weighted by Crippen LogP contribution is 2.23. The zero-order chi connectivity index (χ0) is 14.3. The first kappa shape index (κ1) is 15.6. The fraction of sp³-hybridized carbons (Fsp3) is 0.467. The molecule has 0 bridgehead atoms. The van der Waals surface area contributed by atoms with E-state index in [1.54, 1.807) is 12.2 Å². The summed E-state index contributed by atoms with van der Waals surface area (Å²) in [6.07, 6.45) is 3.46. The minimum absolute atomic E-state index is 0.162. The second kappa shape index (κ2) is 7.89. The third-order valence-electron chi connectivity index (χ3n) is 2.50. The van der Waals surface area contributed by atoms with E-state index in [4.69, 9.17) is 4.74 Å². The molecule has 1 N–H and O–H groups in total. The molecule has 2 nitrogen and oxygen atoms in total. The van der Waals surface area contributed by atoms with Crippen molar-refractivity contribution in [1.29, 1.82) is 0 Å². The lowest BCUT2D eigenvalue weighted by molar-refractivity contribution is 0.320. The molecule has 1 aromatic rings. The zero-order valence-corrected chi connectivity index (χ0v) is 11.7. The predicted octanol–water partition coefficient (Wildman–Crippen LogP) is 3.67. The van der Waals surface area contributed by atoms with Gasteiger partial charge in [-0.2, -0.15) is 0 Å². The first-order valence-corrected chi connectivity index (χ1v) is 6.47. The smallest absolute Gasteiger partial charge is 0.191 e. The molecule has 0 radical (unpaired) electrons. The van der Waals surface area contributed by atoms with Crippen LogP contribution < -0.4 is 10.1 Å². The van der Waals surface area contributed by atoms with Crippen molar-refractivity contribution in [2.45, 2.75) is 27.3 Å². The monoisotopic (exact) mass is 269 g/mol. The second-order valence-electron chi connectivity index (χ2n) is 4.79. The molecular weight excluding hydrogens is 248 g/mol. The molecule has 4 heteroatoms. The number of nitrogens with one attached hydrogen (secondary N) is 1. The summed E-state index contributed by atoms with van der Waals surface area (Å²) >= 11 is 0. The lowest BCUT2D eigenvalue weighted by atomic mass is 10.1. The number of hydrogen-bond donors (Lipinski definition) is 1. The van der Waals surface area contributed by atoms with Crippen LogP contribution in [0.5, 0.6) is 5.75 Å². The Morgan fingerprint density at radius 1 is 1.26 bits per heavy atom. The Morgan fingerprint density at radius 2 is 1.89 bits per heavy atom. The van der Waals surface area contributed by atoms with Crippen molar-refractivity contribution >= 4 is 0 Å². The zero-order valence-electron chi connectivity index (χ0n) is 11.7. The molecule has 0 amide bonds. The van der Waals surface area contributed by atoms with Gasteiger partial charge in [-0.25, -0.2) is 8.78 Å². The molecule has 1 aromatic carbocycles. The number of halogens is 2. The average molecular weight is 269 g/mol. The number of benzene rings is 1. The quantitative estimate of drug-likeness (QED) is 0.763. The summed E-state index contributed by atoms with van der Waals surface area (Å²) in [6, 6.07) is 2.61. The first-order chi connectivity index (χ1) is 9.04. The van der Waals surface area contributed by atoms with Gasteiger partial charge < -0.3 is 10.1 Å². The van der Waals surface area contributed by atoms with Gasteiger partial charge in [0.05, 0.1) is 0 Å². The molecule has 0 aliphatic carbocycles. The molecule has 0 heterocycles. The van der Waals surface area contributed by atoms with Crippen molar-refractivity contribution in [2.24, 2.45) is 5.92 Å². The van der Waals surface area contributed by atoms with Crippen molar-refractivity contribution in [3.63, 3.8) is 0 Å². The standard InChI is InChI=1S/C15H21F2NO/c1-4-5-6-19-15-13(16)7-12(8-14(15)17)10-18-9-11(2)3/h4-5,7-8,11,18H,6,9-10H2,1-3H3. The molecule has 0 saturated carbocycles. The van der Waals surface area contributed by atoms with Gasteiger partial charge in [0.1, 0.15) is 6.61 Å². The van der Waals surface area contributed by atoms with Crippen molar-refractivity contribution < 1.29 is 13.5 Å². The van der Waals surface area contributed by atoms with Gasteiger partial charge in [0.25, 0.3) is 0 Å². The molecular formula is C15H21F2NO. The van der Waals surface area contributed by atoms with Crippen molar-refractivity contribution in [2.75, 3.05) is 13.2 Å². The van der Waals surface area contributed by atoms with Crippen LogP contribution in [0.3, 0.4) is 0 Å². The van der Waals surface area contributed by atoms with E-state index in [1.165, 1.54) is 12.1 Å². The highest BCUT2D eigenvalue weighted by atomic mass is 19.1. The van der Waals surface area contributed by atoms with Gasteiger partial charge in [0.2, 0.25) is 0 Å². The summed E-state index contributed by atoms with van der Waals surface area (Å²) in [4.78, 5) is 0. The van der Waals surface area contributed by atoms with Crippen molar-refractivity contribution in [1.82, 2.24) is 5.32 Å². The fourth-order valence-electron chi connectivity index (χ4n) is 1.59. The summed E-state index contributed by atoms with van der Waals surface area (Å²) in [7, 11) is 0. The largest absolute Gasteiger partial charge is 0.483 e. The summed E-state index contributed by atoms with van der Waals surface area (Å²) in [5, 5.41) is 3.14. The highest BCUT2D eigenvalue weighted by molar-refractivity contribution is 5.31. The SMILES string of the molecule is CC=CCOc1c(F)cc(CNCC(C)C)cc1F. The van der Waals surface area contributed by atoms with Crippen molar-refractivity contribution in [3.8, 4) is 5.75 Å². The summed E-state index contributed by atoms with van der Waals surface area (Å²) in [6.45, 7) is 7.39. The Labute approximate surface area is 113 Å². The Morgan fingerprint density at radius 3 is 2.42 bits per heavy atom. The third-order valence-corrected chi connectivity index (χ3v) is 2.50. The van der Waals surface area contributed by atoms with Crippen LogP contribution >= 0.6 is 0 Å². The van der Waals surface area contributed by atoms with E-state index in [1.807, 2.05) is 6.92 Å². The number of allylic oxidation sites excluding steroid dienone is 1. The van der Waals surface area contributed by atoms with Crippen LogP contribution in [0.1, 0.15) is 26.3 Å². The lowest BCUT2D eigenvalue weighted by Gasteiger charge is -2.10. The van der Waals surface area contributed by atoms with Gasteiger partial charge in [0, 0.05) is 6.54 Å². The summed E-state index contributed by atoms with van der Waals surface area (Å²) < 4.78 is 32.5. The minimum atomic E-state index is -0.661. The molecule has 1 rings (SSSR count). The molecule has 0 aliphatic heterocycles. The number of ether oxygens (including phenoxy) is 1. The maximum atomic E-state index is 13.7. The Bertz CT molecular complexity index is 407. The van der Waals surface area contributed by atoms with Crippen LogP contribution in [-0.2, 0) is 6.54 Å². The summed E-state index contributed by atoms with van der Waals surface area (Å²) in [5.41, 5.74) is 0.578. The molecule has 106 valence electrons. The Hall–Kier alpha value is -1.42. The maximum absolute atomic E-state index is 13.7. The predicted molar refractivity (Wildman–Crippen MR) is 73.2 cm³/mol. The normalized spacial score (nSPS) is 11.5. The van der Waals surface area contributed by atoms with Gasteiger partial charge in [-0.05, 0) is 37.1 Å². The fourth-order valence-corrected chi connectivity index (χ4v) is 1.59. The van der Waals surface area contributed by atoms with E-state index < -0.39 is 11.6 Å². The minimum Gasteiger partial charge on any atom is -0.483 e. The van der Waals surface area contributed by atoms with Crippen LogP contribution in [-0.4, -0.2) is 13.2 Å². The van der Waals surface area contributed by atoms with Gasteiger partial charge >= 0.3 is 0 Å². The molecule has 0 aromatic heterocycles. The van der Waals surface area contributed by atoms with Gasteiger partial charge in [-0.1, -0.05) is 26.0 Å². The number of rotatable bonds is 7.